The number of benzene rings is 2. The van der Waals surface area contributed by atoms with E-state index < -0.39 is 35.0 Å². The zero-order valence-electron chi connectivity index (χ0n) is 13.6. The molecular formula is C19H12BrFO6. The van der Waals surface area contributed by atoms with Crippen LogP contribution >= 0.6 is 15.9 Å². The minimum absolute atomic E-state index is 0.00268. The number of ether oxygens (including phenoxy) is 1. The summed E-state index contributed by atoms with van der Waals surface area (Å²) in [5.74, 6) is -3.44. The summed E-state index contributed by atoms with van der Waals surface area (Å²) in [4.78, 5) is 33.9. The number of halogens is 2. The van der Waals surface area contributed by atoms with Crippen molar-refractivity contribution in [3.8, 4) is 0 Å². The highest BCUT2D eigenvalue weighted by Crippen LogP contribution is 2.29. The fraction of sp³-hybridized carbons (Fsp3) is 0.105. The fourth-order valence-electron chi connectivity index (χ4n) is 2.52. The van der Waals surface area contributed by atoms with E-state index in [-0.39, 0.29) is 22.3 Å². The Morgan fingerprint density at radius 1 is 1.15 bits per heavy atom. The predicted octanol–water partition coefficient (Wildman–Crippen LogP) is 3.69. The molecule has 0 saturated carbocycles. The lowest BCUT2D eigenvalue weighted by molar-refractivity contribution is -0.151. The summed E-state index contributed by atoms with van der Waals surface area (Å²) in [7, 11) is 0. The van der Waals surface area contributed by atoms with Crippen LogP contribution in [0, 0.1) is 5.82 Å². The third kappa shape index (κ3) is 3.90. The van der Waals surface area contributed by atoms with E-state index in [2.05, 4.69) is 15.9 Å². The normalized spacial score (nSPS) is 11.9. The number of carboxylic acid groups (broad SMARTS) is 1. The Kier molecular flexibility index (Phi) is 5.36. The van der Waals surface area contributed by atoms with Crippen LogP contribution in [0.1, 0.15) is 21.7 Å². The molecule has 1 atom stereocenters. The predicted molar refractivity (Wildman–Crippen MR) is 96.2 cm³/mol. The van der Waals surface area contributed by atoms with Crippen LogP contribution in [0.4, 0.5) is 4.39 Å². The Labute approximate surface area is 160 Å². The number of aliphatic carboxylic acids is 1. The van der Waals surface area contributed by atoms with E-state index in [9.17, 15) is 18.8 Å². The second kappa shape index (κ2) is 7.71. The first-order valence-electron chi connectivity index (χ1n) is 7.72. The molecule has 0 radical (unpaired) electrons. The summed E-state index contributed by atoms with van der Waals surface area (Å²) in [6.45, 7) is -0.474. The summed E-state index contributed by atoms with van der Waals surface area (Å²) < 4.78 is 24.2. The van der Waals surface area contributed by atoms with Gasteiger partial charge in [-0.3, -0.25) is 14.4 Å². The summed E-state index contributed by atoms with van der Waals surface area (Å²) >= 11 is 2.69. The van der Waals surface area contributed by atoms with Gasteiger partial charge in [0.1, 0.15) is 18.0 Å². The number of carbonyl (C=O) groups excluding carboxylic acids is 2. The van der Waals surface area contributed by atoms with Crippen molar-refractivity contribution in [1.29, 1.82) is 0 Å². The molecule has 0 saturated heterocycles. The summed E-state index contributed by atoms with van der Waals surface area (Å²) in [6, 6.07) is 12.0. The van der Waals surface area contributed by atoms with E-state index in [1.807, 2.05) is 0 Å². The summed E-state index contributed by atoms with van der Waals surface area (Å²) in [5.41, 5.74) is 0.654. The summed E-state index contributed by atoms with van der Waals surface area (Å²) in [5, 5.41) is 9.06. The first kappa shape index (κ1) is 18.8. The molecule has 1 unspecified atom stereocenters. The van der Waals surface area contributed by atoms with Gasteiger partial charge in [0, 0.05) is 10.9 Å². The number of ketones is 1. The molecule has 0 spiro atoms. The molecule has 3 aromatic rings. The van der Waals surface area contributed by atoms with Crippen molar-refractivity contribution in [2.24, 2.45) is 0 Å². The van der Waals surface area contributed by atoms with E-state index in [1.165, 1.54) is 12.1 Å². The number of carbonyl (C=O) groups is 3. The van der Waals surface area contributed by atoms with E-state index in [1.54, 1.807) is 30.3 Å². The van der Waals surface area contributed by atoms with E-state index in [4.69, 9.17) is 14.3 Å². The Bertz CT molecular complexity index is 1030. The molecule has 1 N–H and O–H groups in total. The second-order valence-corrected chi connectivity index (χ2v) is 6.46. The van der Waals surface area contributed by atoms with Crippen molar-refractivity contribution in [3.05, 3.63) is 71.2 Å². The molecular weight excluding hydrogens is 423 g/mol. The highest BCUT2D eigenvalue weighted by molar-refractivity contribution is 9.10. The Morgan fingerprint density at radius 2 is 1.85 bits per heavy atom. The standard InChI is InChI=1S/C19H12BrFO6/c20-16(18(23)24)19(25)26-9-14-15(17(22)10-4-2-1-3-5-10)12-8-11(21)6-7-13(12)27-14/h1-8,16H,9H2,(H,23,24). The molecule has 6 nitrogen and oxygen atoms in total. The van der Waals surface area contributed by atoms with Crippen molar-refractivity contribution in [1.82, 2.24) is 0 Å². The molecule has 0 fully saturated rings. The van der Waals surface area contributed by atoms with Gasteiger partial charge in [0.2, 0.25) is 4.83 Å². The van der Waals surface area contributed by atoms with Crippen LogP contribution in [0.2, 0.25) is 0 Å². The molecule has 0 bridgehead atoms. The topological polar surface area (TPSA) is 93.8 Å². The SMILES string of the molecule is O=C(c1ccccc1)c1c(COC(=O)C(Br)C(=O)O)oc2ccc(F)cc12. The lowest BCUT2D eigenvalue weighted by atomic mass is 10.0. The monoisotopic (exact) mass is 434 g/mol. The maximum atomic E-state index is 13.7. The molecule has 8 heteroatoms. The van der Waals surface area contributed by atoms with Crippen molar-refractivity contribution in [2.45, 2.75) is 11.4 Å². The number of carboxylic acids is 1. The van der Waals surface area contributed by atoms with Crippen LogP contribution in [0.3, 0.4) is 0 Å². The molecule has 27 heavy (non-hydrogen) atoms. The van der Waals surface area contributed by atoms with Gasteiger partial charge in [0.25, 0.3) is 0 Å². The average molecular weight is 435 g/mol. The number of hydrogen-bond acceptors (Lipinski definition) is 5. The van der Waals surface area contributed by atoms with Crippen LogP contribution in [0.25, 0.3) is 11.0 Å². The van der Waals surface area contributed by atoms with Crippen molar-refractivity contribution in [2.75, 3.05) is 0 Å². The maximum absolute atomic E-state index is 13.7. The molecule has 1 heterocycles. The Hall–Kier alpha value is -3.00. The van der Waals surface area contributed by atoms with Crippen LogP contribution in [0.15, 0.2) is 52.9 Å². The lowest BCUT2D eigenvalue weighted by Crippen LogP contribution is -2.25. The van der Waals surface area contributed by atoms with Gasteiger partial charge in [-0.25, -0.2) is 4.39 Å². The molecule has 0 aliphatic carbocycles. The third-order valence-electron chi connectivity index (χ3n) is 3.76. The fourth-order valence-corrected chi connectivity index (χ4v) is 2.65. The van der Waals surface area contributed by atoms with Gasteiger partial charge >= 0.3 is 11.9 Å². The van der Waals surface area contributed by atoms with E-state index >= 15 is 0 Å². The molecule has 0 aliphatic heterocycles. The van der Waals surface area contributed by atoms with Gasteiger partial charge in [-0.2, -0.15) is 0 Å². The van der Waals surface area contributed by atoms with Crippen LogP contribution in [-0.4, -0.2) is 27.7 Å². The lowest BCUT2D eigenvalue weighted by Gasteiger charge is -2.07. The quantitative estimate of drug-likeness (QED) is 0.275. The third-order valence-corrected chi connectivity index (χ3v) is 4.52. The number of furan rings is 1. The smallest absolute Gasteiger partial charge is 0.331 e. The second-order valence-electron chi connectivity index (χ2n) is 5.54. The van der Waals surface area contributed by atoms with E-state index in [0.717, 1.165) is 6.07 Å². The van der Waals surface area contributed by atoms with Crippen LogP contribution in [-0.2, 0) is 20.9 Å². The Morgan fingerprint density at radius 3 is 2.52 bits per heavy atom. The van der Waals surface area contributed by atoms with Crippen LogP contribution < -0.4 is 0 Å². The number of fused-ring (bicyclic) bond motifs is 1. The maximum Gasteiger partial charge on any atom is 0.331 e. The number of alkyl halides is 1. The van der Waals surface area contributed by atoms with Gasteiger partial charge in [-0.05, 0) is 18.2 Å². The average Bonchev–Trinajstić information content (AvgIpc) is 3.02. The zero-order chi connectivity index (χ0) is 19.6. The summed E-state index contributed by atoms with van der Waals surface area (Å²) in [6.07, 6.45) is 0. The van der Waals surface area contributed by atoms with E-state index in [0.29, 0.717) is 5.56 Å². The van der Waals surface area contributed by atoms with Crippen molar-refractivity contribution in [3.63, 3.8) is 0 Å². The van der Waals surface area contributed by atoms with Crippen LogP contribution in [0.5, 0.6) is 0 Å². The zero-order valence-corrected chi connectivity index (χ0v) is 15.2. The van der Waals surface area contributed by atoms with Gasteiger partial charge in [0.05, 0.1) is 5.56 Å². The van der Waals surface area contributed by atoms with Crippen molar-refractivity contribution >= 4 is 44.6 Å². The molecule has 0 amide bonds. The highest BCUT2D eigenvalue weighted by atomic mass is 79.9. The number of rotatable bonds is 6. The Balaban J connectivity index is 2.01. The first-order chi connectivity index (χ1) is 12.9. The number of hydrogen-bond donors (Lipinski definition) is 1. The first-order valence-corrected chi connectivity index (χ1v) is 8.64. The minimum Gasteiger partial charge on any atom is -0.480 e. The largest absolute Gasteiger partial charge is 0.480 e. The highest BCUT2D eigenvalue weighted by Gasteiger charge is 2.27. The van der Waals surface area contributed by atoms with Crippen molar-refractivity contribution < 1.29 is 33.0 Å². The molecule has 2 aromatic carbocycles. The molecule has 138 valence electrons. The molecule has 1 aromatic heterocycles. The molecule has 0 aliphatic rings. The minimum atomic E-state index is -1.55. The van der Waals surface area contributed by atoms with Gasteiger partial charge in [-0.15, -0.1) is 0 Å². The number of esters is 1. The molecule has 3 rings (SSSR count). The van der Waals surface area contributed by atoms with Gasteiger partial charge in [-0.1, -0.05) is 46.3 Å². The van der Waals surface area contributed by atoms with Gasteiger partial charge in [0.15, 0.2) is 11.5 Å². The van der Waals surface area contributed by atoms with Gasteiger partial charge < -0.3 is 14.3 Å².